The van der Waals surface area contributed by atoms with Crippen molar-refractivity contribution >= 4 is 34.6 Å². The molecule has 7 heteroatoms. The first-order valence-corrected chi connectivity index (χ1v) is 12.1. The van der Waals surface area contributed by atoms with E-state index in [2.05, 4.69) is 70.4 Å². The number of amides is 1. The number of aromatic nitrogens is 2. The molecule has 2 atom stereocenters. The molecule has 2 N–H and O–H groups in total. The normalized spacial score (nSPS) is 18.3. The molecule has 1 fully saturated rings. The SMILES string of the molecule is Cc1cc(N2C(=S)N[C@@H](c3ccccn3)[C@H]2c2ccn(C(C)(C)C)c2)ccc1NC(=O)C(C)C. The van der Waals surface area contributed by atoms with Crippen molar-refractivity contribution in [3.63, 3.8) is 0 Å². The fourth-order valence-corrected chi connectivity index (χ4v) is 4.54. The van der Waals surface area contributed by atoms with Crippen LogP contribution >= 0.6 is 12.2 Å². The molecule has 3 heterocycles. The van der Waals surface area contributed by atoms with Crippen LogP contribution in [0.15, 0.2) is 61.1 Å². The van der Waals surface area contributed by atoms with Crippen LogP contribution in [0.2, 0.25) is 0 Å². The average Bonchev–Trinajstić information content (AvgIpc) is 3.40. The predicted octanol–water partition coefficient (Wildman–Crippen LogP) is 5.72. The number of hydrogen-bond donors (Lipinski definition) is 2. The Morgan fingerprint density at radius 3 is 2.53 bits per heavy atom. The minimum atomic E-state index is -0.0925. The van der Waals surface area contributed by atoms with Crippen molar-refractivity contribution in [3.05, 3.63) is 77.9 Å². The highest BCUT2D eigenvalue weighted by Gasteiger charge is 2.41. The van der Waals surface area contributed by atoms with E-state index >= 15 is 0 Å². The van der Waals surface area contributed by atoms with Crippen LogP contribution in [-0.4, -0.2) is 20.6 Å². The number of nitrogens with zero attached hydrogens (tertiary/aromatic N) is 3. The maximum absolute atomic E-state index is 12.2. The molecule has 34 heavy (non-hydrogen) atoms. The molecule has 1 aromatic carbocycles. The number of thiocarbonyl (C=S) groups is 1. The van der Waals surface area contributed by atoms with Gasteiger partial charge in [0.1, 0.15) is 0 Å². The van der Waals surface area contributed by atoms with Gasteiger partial charge in [0.15, 0.2) is 5.11 Å². The molecule has 3 aromatic rings. The summed E-state index contributed by atoms with van der Waals surface area (Å²) in [7, 11) is 0. The summed E-state index contributed by atoms with van der Waals surface area (Å²) in [5, 5.41) is 7.18. The third-order valence-electron chi connectivity index (χ3n) is 6.20. The lowest BCUT2D eigenvalue weighted by Gasteiger charge is -2.28. The maximum Gasteiger partial charge on any atom is 0.226 e. The Morgan fingerprint density at radius 1 is 1.18 bits per heavy atom. The van der Waals surface area contributed by atoms with Crippen molar-refractivity contribution in [2.24, 2.45) is 5.92 Å². The number of carbonyl (C=O) groups excluding carboxylic acids is 1. The Kier molecular flexibility index (Phi) is 6.49. The van der Waals surface area contributed by atoms with Gasteiger partial charge >= 0.3 is 0 Å². The van der Waals surface area contributed by atoms with Gasteiger partial charge in [0.05, 0.1) is 17.8 Å². The molecule has 4 rings (SSSR count). The lowest BCUT2D eigenvalue weighted by molar-refractivity contribution is -0.118. The molecule has 0 aliphatic carbocycles. The first-order chi connectivity index (χ1) is 16.1. The van der Waals surface area contributed by atoms with Gasteiger partial charge in [-0.1, -0.05) is 19.9 Å². The van der Waals surface area contributed by atoms with E-state index < -0.39 is 0 Å². The standard InChI is InChI=1S/C27H33N5OS/c1-17(2)25(33)29-21-11-10-20(15-18(21)3)32-24(19-12-14-31(16-19)27(4,5)6)23(30-26(32)34)22-9-7-8-13-28-22/h7-17,23-24H,1-6H3,(H,29,33)(H,30,34)/t23-,24+/m0/s1. The molecule has 0 unspecified atom stereocenters. The van der Waals surface area contributed by atoms with Crippen molar-refractivity contribution in [2.45, 2.75) is 59.2 Å². The average molecular weight is 476 g/mol. The fraction of sp³-hybridized carbons (Fsp3) is 0.370. The second-order valence-corrected chi connectivity index (χ2v) is 10.5. The molecule has 0 spiro atoms. The summed E-state index contributed by atoms with van der Waals surface area (Å²) in [5.41, 5.74) is 4.86. The van der Waals surface area contributed by atoms with Crippen molar-refractivity contribution in [1.82, 2.24) is 14.9 Å². The minimum Gasteiger partial charge on any atom is -0.351 e. The van der Waals surface area contributed by atoms with Gasteiger partial charge in [0, 0.05) is 41.4 Å². The largest absolute Gasteiger partial charge is 0.351 e. The van der Waals surface area contributed by atoms with E-state index in [4.69, 9.17) is 12.2 Å². The van der Waals surface area contributed by atoms with Gasteiger partial charge in [0.25, 0.3) is 0 Å². The smallest absolute Gasteiger partial charge is 0.226 e. The number of benzene rings is 1. The summed E-state index contributed by atoms with van der Waals surface area (Å²) in [4.78, 5) is 19.0. The molecule has 1 aliphatic heterocycles. The monoisotopic (exact) mass is 475 g/mol. The molecule has 6 nitrogen and oxygen atoms in total. The number of pyridine rings is 1. The van der Waals surface area contributed by atoms with Crippen LogP contribution in [0.25, 0.3) is 0 Å². The van der Waals surface area contributed by atoms with Crippen LogP contribution < -0.4 is 15.5 Å². The highest BCUT2D eigenvalue weighted by atomic mass is 32.1. The first kappa shape index (κ1) is 24.0. The number of anilines is 2. The van der Waals surface area contributed by atoms with E-state index in [1.54, 1.807) is 0 Å². The van der Waals surface area contributed by atoms with Gasteiger partial charge in [-0.2, -0.15) is 0 Å². The maximum atomic E-state index is 12.2. The molecule has 1 amide bonds. The molecule has 1 saturated heterocycles. The molecule has 0 radical (unpaired) electrons. The Balaban J connectivity index is 1.75. The van der Waals surface area contributed by atoms with E-state index in [-0.39, 0.29) is 29.4 Å². The number of nitrogens with one attached hydrogen (secondary N) is 2. The minimum absolute atomic E-state index is 0.00539. The highest BCUT2D eigenvalue weighted by molar-refractivity contribution is 7.80. The molecule has 0 saturated carbocycles. The van der Waals surface area contributed by atoms with Gasteiger partial charge in [-0.25, -0.2) is 0 Å². The summed E-state index contributed by atoms with van der Waals surface area (Å²) >= 11 is 5.85. The molecular weight excluding hydrogens is 442 g/mol. The van der Waals surface area contributed by atoms with Gasteiger partial charge in [-0.3, -0.25) is 9.78 Å². The lowest BCUT2D eigenvalue weighted by Crippen LogP contribution is -2.29. The van der Waals surface area contributed by atoms with Gasteiger partial charge < -0.3 is 20.1 Å². The van der Waals surface area contributed by atoms with Crippen molar-refractivity contribution in [1.29, 1.82) is 0 Å². The van der Waals surface area contributed by atoms with Crippen LogP contribution in [0, 0.1) is 12.8 Å². The number of rotatable bonds is 5. The zero-order chi connectivity index (χ0) is 24.6. The molecule has 2 aromatic heterocycles. The Morgan fingerprint density at radius 2 is 1.94 bits per heavy atom. The molecular formula is C27H33N5OS. The summed E-state index contributed by atoms with van der Waals surface area (Å²) in [5.74, 6) is -0.0735. The highest BCUT2D eigenvalue weighted by Crippen LogP contribution is 2.42. The molecule has 1 aliphatic rings. The first-order valence-electron chi connectivity index (χ1n) is 11.7. The second kappa shape index (κ2) is 9.22. The van der Waals surface area contributed by atoms with Crippen LogP contribution in [0.3, 0.4) is 0 Å². The van der Waals surface area contributed by atoms with Gasteiger partial charge in [-0.15, -0.1) is 0 Å². The summed E-state index contributed by atoms with van der Waals surface area (Å²) in [6.07, 6.45) is 6.14. The Bertz CT molecular complexity index is 1200. The molecule has 178 valence electrons. The summed E-state index contributed by atoms with van der Waals surface area (Å²) in [6, 6.07) is 14.0. The summed E-state index contributed by atoms with van der Waals surface area (Å²) < 4.78 is 2.23. The number of hydrogen-bond acceptors (Lipinski definition) is 3. The van der Waals surface area contributed by atoms with Crippen LogP contribution in [0.5, 0.6) is 0 Å². The van der Waals surface area contributed by atoms with Gasteiger partial charge in [-0.05, 0) is 87.4 Å². The fourth-order valence-electron chi connectivity index (χ4n) is 4.19. The lowest BCUT2D eigenvalue weighted by atomic mass is 9.98. The van der Waals surface area contributed by atoms with E-state index in [0.29, 0.717) is 5.11 Å². The Hall–Kier alpha value is -3.19. The quantitative estimate of drug-likeness (QED) is 0.462. The van der Waals surface area contributed by atoms with E-state index in [9.17, 15) is 4.79 Å². The third kappa shape index (κ3) is 4.71. The number of carbonyl (C=O) groups is 1. The van der Waals surface area contributed by atoms with Crippen molar-refractivity contribution < 1.29 is 4.79 Å². The van der Waals surface area contributed by atoms with Crippen LogP contribution in [-0.2, 0) is 10.3 Å². The molecule has 0 bridgehead atoms. The zero-order valence-corrected chi connectivity index (χ0v) is 21.5. The summed E-state index contributed by atoms with van der Waals surface area (Å²) in [6.45, 7) is 12.4. The van der Waals surface area contributed by atoms with E-state index in [0.717, 1.165) is 28.2 Å². The van der Waals surface area contributed by atoms with Gasteiger partial charge in [0.2, 0.25) is 5.91 Å². The predicted molar refractivity (Wildman–Crippen MR) is 142 cm³/mol. The van der Waals surface area contributed by atoms with Crippen LogP contribution in [0.1, 0.15) is 63.5 Å². The van der Waals surface area contributed by atoms with Crippen molar-refractivity contribution in [2.75, 3.05) is 10.2 Å². The van der Waals surface area contributed by atoms with E-state index in [1.165, 1.54) is 0 Å². The number of aryl methyl sites for hydroxylation is 1. The van der Waals surface area contributed by atoms with E-state index in [1.807, 2.05) is 57.3 Å². The Labute approximate surface area is 207 Å². The topological polar surface area (TPSA) is 62.2 Å². The zero-order valence-electron chi connectivity index (χ0n) is 20.7. The van der Waals surface area contributed by atoms with Crippen LogP contribution in [0.4, 0.5) is 11.4 Å². The third-order valence-corrected chi connectivity index (χ3v) is 6.51. The second-order valence-electron chi connectivity index (χ2n) is 10.2. The van der Waals surface area contributed by atoms with Crippen molar-refractivity contribution in [3.8, 4) is 0 Å².